The van der Waals surface area contributed by atoms with Crippen molar-refractivity contribution in [3.05, 3.63) is 100 Å². The Kier molecular flexibility index (Phi) is 8.76. The van der Waals surface area contributed by atoms with E-state index >= 15 is 0 Å². The van der Waals surface area contributed by atoms with Gasteiger partial charge in [0.1, 0.15) is 11.8 Å². The Hall–Kier alpha value is -4.72. The van der Waals surface area contributed by atoms with E-state index in [-0.39, 0.29) is 30.8 Å². The highest BCUT2D eigenvalue weighted by Gasteiger charge is 2.38. The van der Waals surface area contributed by atoms with Crippen molar-refractivity contribution < 1.29 is 19.1 Å². The number of hydrogen-bond donors (Lipinski definition) is 2. The van der Waals surface area contributed by atoms with Crippen LogP contribution in [0.1, 0.15) is 28.4 Å². The molecule has 10 heteroatoms. The topological polar surface area (TPSA) is 115 Å². The zero-order chi connectivity index (χ0) is 30.7. The van der Waals surface area contributed by atoms with E-state index < -0.39 is 12.1 Å². The zero-order valence-electron chi connectivity index (χ0n) is 23.9. The summed E-state index contributed by atoms with van der Waals surface area (Å²) in [4.78, 5) is 44.6. The molecule has 2 atom stereocenters. The minimum Gasteiger partial charge on any atom is -0.496 e. The van der Waals surface area contributed by atoms with Gasteiger partial charge in [-0.15, -0.1) is 0 Å². The summed E-state index contributed by atoms with van der Waals surface area (Å²) in [6.07, 6.45) is 0. The van der Waals surface area contributed by atoms with Crippen molar-refractivity contribution in [3.63, 3.8) is 0 Å². The third kappa shape index (κ3) is 5.82. The first kappa shape index (κ1) is 29.8. The Morgan fingerprint density at radius 1 is 1.02 bits per heavy atom. The van der Waals surface area contributed by atoms with E-state index in [1.807, 2.05) is 36.4 Å². The normalized spacial score (nSPS) is 15.3. The number of carbonyl (C=O) groups excluding carboxylic acids is 3. The maximum atomic E-state index is 14.4. The molecule has 4 aromatic rings. The molecule has 218 valence electrons. The van der Waals surface area contributed by atoms with Crippen LogP contribution in [0.4, 0.5) is 11.4 Å². The maximum absolute atomic E-state index is 14.4. The number of fused-ring (bicyclic) bond motifs is 2. The number of methoxy groups -OCH3 is 1. The van der Waals surface area contributed by atoms with E-state index in [2.05, 4.69) is 32.6 Å². The number of nitrogens with zero attached hydrogens (tertiary/aromatic N) is 3. The lowest BCUT2D eigenvalue weighted by Gasteiger charge is -2.27. The summed E-state index contributed by atoms with van der Waals surface area (Å²) >= 11 is 3.63. The predicted octanol–water partition coefficient (Wildman–Crippen LogP) is 4.77. The maximum Gasteiger partial charge on any atom is 0.258 e. The minimum atomic E-state index is -1.05. The van der Waals surface area contributed by atoms with Gasteiger partial charge in [-0.05, 0) is 79.3 Å². The lowest BCUT2D eigenvalue weighted by Crippen LogP contribution is -2.55. The van der Waals surface area contributed by atoms with Gasteiger partial charge < -0.3 is 25.2 Å². The summed E-state index contributed by atoms with van der Waals surface area (Å²) < 4.78 is 6.65. The lowest BCUT2D eigenvalue weighted by atomic mass is 10.0. The molecule has 9 nitrogen and oxygen atoms in total. The van der Waals surface area contributed by atoms with Crippen LogP contribution >= 0.6 is 15.9 Å². The van der Waals surface area contributed by atoms with Crippen molar-refractivity contribution >= 4 is 55.8 Å². The number of halogens is 1. The number of nitriles is 1. The lowest BCUT2D eigenvalue weighted by molar-refractivity contribution is -0.128. The molecule has 2 N–H and O–H groups in total. The predicted molar refractivity (Wildman–Crippen MR) is 169 cm³/mol. The number of nitrogens with one attached hydrogen (secondary N) is 2. The van der Waals surface area contributed by atoms with Crippen molar-refractivity contribution in [1.29, 1.82) is 5.26 Å². The molecule has 0 aliphatic carbocycles. The van der Waals surface area contributed by atoms with Crippen molar-refractivity contribution in [2.45, 2.75) is 25.6 Å². The van der Waals surface area contributed by atoms with Gasteiger partial charge in [-0.2, -0.15) is 5.26 Å². The standard InChI is InChI=1S/C33H30BrN5O4/c1-20(36-2)31(40)37-27-19-39(32(41)22-13-11-21(17-35)12-14-22)29-10-5-4-9-28(29)38(33(27)42)18-25-23-7-6-8-26(34)24(23)15-16-30(25)43-3/h4-16,20,27,36H,18-19H2,1-3H3,(H,37,40)/t20-,27?/m0/s1. The third-order valence-electron chi connectivity index (χ3n) is 7.65. The molecule has 1 unspecified atom stereocenters. The highest BCUT2D eigenvalue weighted by molar-refractivity contribution is 9.10. The van der Waals surface area contributed by atoms with E-state index in [4.69, 9.17) is 4.74 Å². The van der Waals surface area contributed by atoms with Gasteiger partial charge in [0, 0.05) is 15.6 Å². The Bertz CT molecular complexity index is 1750. The molecule has 1 heterocycles. The summed E-state index contributed by atoms with van der Waals surface area (Å²) in [5, 5.41) is 16.8. The summed E-state index contributed by atoms with van der Waals surface area (Å²) in [5.74, 6) is -0.494. The fourth-order valence-corrected chi connectivity index (χ4v) is 5.69. The number of hydrogen-bond acceptors (Lipinski definition) is 6. The molecule has 0 radical (unpaired) electrons. The van der Waals surface area contributed by atoms with Gasteiger partial charge in [0.05, 0.1) is 49.2 Å². The summed E-state index contributed by atoms with van der Waals surface area (Å²) in [7, 11) is 3.24. The van der Waals surface area contributed by atoms with Crippen LogP contribution in [0.25, 0.3) is 10.8 Å². The quantitative estimate of drug-likeness (QED) is 0.301. The van der Waals surface area contributed by atoms with Gasteiger partial charge >= 0.3 is 0 Å². The van der Waals surface area contributed by atoms with Crippen LogP contribution in [-0.4, -0.2) is 50.5 Å². The fraction of sp³-hybridized carbons (Fsp3) is 0.212. The number of benzene rings is 4. The molecule has 3 amide bonds. The average molecular weight is 641 g/mol. The van der Waals surface area contributed by atoms with Crippen LogP contribution in [-0.2, 0) is 16.1 Å². The number of rotatable bonds is 7. The number of anilines is 2. The largest absolute Gasteiger partial charge is 0.496 e. The van der Waals surface area contributed by atoms with Crippen molar-refractivity contribution in [1.82, 2.24) is 10.6 Å². The SMILES string of the molecule is CN[C@@H](C)C(=O)NC1CN(C(=O)c2ccc(C#N)cc2)c2ccccc2N(Cc2c(OC)ccc3c(Br)cccc23)C1=O. The molecule has 0 spiro atoms. The molecule has 0 bridgehead atoms. The van der Waals surface area contributed by atoms with Crippen LogP contribution in [0.15, 0.2) is 83.3 Å². The van der Waals surface area contributed by atoms with Crippen LogP contribution < -0.4 is 25.2 Å². The Morgan fingerprint density at radius 3 is 2.42 bits per heavy atom. The summed E-state index contributed by atoms with van der Waals surface area (Å²) in [6, 6.07) is 23.6. The van der Waals surface area contributed by atoms with E-state index in [1.165, 1.54) is 4.90 Å². The smallest absolute Gasteiger partial charge is 0.258 e. The highest BCUT2D eigenvalue weighted by Crippen LogP contribution is 2.38. The van der Waals surface area contributed by atoms with E-state index in [0.717, 1.165) is 20.8 Å². The van der Waals surface area contributed by atoms with E-state index in [9.17, 15) is 19.6 Å². The fourth-order valence-electron chi connectivity index (χ4n) is 5.19. The summed E-state index contributed by atoms with van der Waals surface area (Å²) in [6.45, 7) is 1.73. The second-order valence-electron chi connectivity index (χ2n) is 10.2. The van der Waals surface area contributed by atoms with Gasteiger partial charge in [-0.1, -0.05) is 40.2 Å². The first-order valence-electron chi connectivity index (χ1n) is 13.7. The van der Waals surface area contributed by atoms with Crippen LogP contribution in [0.3, 0.4) is 0 Å². The van der Waals surface area contributed by atoms with Gasteiger partial charge in [0.25, 0.3) is 11.8 Å². The van der Waals surface area contributed by atoms with Crippen LogP contribution in [0, 0.1) is 11.3 Å². The number of carbonyl (C=O) groups is 3. The van der Waals surface area contributed by atoms with Gasteiger partial charge in [0.15, 0.2) is 0 Å². The highest BCUT2D eigenvalue weighted by atomic mass is 79.9. The van der Waals surface area contributed by atoms with Crippen LogP contribution in [0.2, 0.25) is 0 Å². The van der Waals surface area contributed by atoms with E-state index in [1.54, 1.807) is 68.4 Å². The number of likely N-dealkylation sites (N-methyl/N-ethyl adjacent to an activating group) is 1. The second kappa shape index (κ2) is 12.7. The molecule has 1 aliphatic rings. The molecular formula is C33H30BrN5O4. The van der Waals surface area contributed by atoms with Gasteiger partial charge in [-0.3, -0.25) is 14.4 Å². The van der Waals surface area contributed by atoms with Crippen molar-refractivity contribution in [2.24, 2.45) is 0 Å². The average Bonchev–Trinajstić information content (AvgIpc) is 3.15. The molecule has 0 saturated heterocycles. The van der Waals surface area contributed by atoms with Crippen molar-refractivity contribution in [2.75, 3.05) is 30.5 Å². The van der Waals surface area contributed by atoms with Gasteiger partial charge in [-0.25, -0.2) is 0 Å². The molecular weight excluding hydrogens is 610 g/mol. The molecule has 0 saturated carbocycles. The number of ether oxygens (including phenoxy) is 1. The molecule has 1 aliphatic heterocycles. The molecule has 0 aromatic heterocycles. The first-order valence-corrected chi connectivity index (χ1v) is 14.5. The molecule has 5 rings (SSSR count). The summed E-state index contributed by atoms with van der Waals surface area (Å²) in [5.41, 5.74) is 2.59. The zero-order valence-corrected chi connectivity index (χ0v) is 25.5. The first-order chi connectivity index (χ1) is 20.8. The molecule has 43 heavy (non-hydrogen) atoms. The molecule has 0 fully saturated rings. The number of para-hydroxylation sites is 2. The van der Waals surface area contributed by atoms with E-state index in [0.29, 0.717) is 28.3 Å². The Labute approximate surface area is 258 Å². The molecule has 4 aromatic carbocycles. The Morgan fingerprint density at radius 2 is 1.74 bits per heavy atom. The Balaban J connectivity index is 1.66. The number of amides is 3. The van der Waals surface area contributed by atoms with Gasteiger partial charge in [0.2, 0.25) is 5.91 Å². The second-order valence-corrected chi connectivity index (χ2v) is 11.0. The monoisotopic (exact) mass is 639 g/mol. The van der Waals surface area contributed by atoms with Crippen LogP contribution in [0.5, 0.6) is 5.75 Å². The minimum absolute atomic E-state index is 0.0917. The van der Waals surface area contributed by atoms with Crippen molar-refractivity contribution in [3.8, 4) is 11.8 Å². The third-order valence-corrected chi connectivity index (χ3v) is 8.35.